The molecule has 0 amide bonds. The van der Waals surface area contributed by atoms with Gasteiger partial charge in [0.1, 0.15) is 5.69 Å². The Balaban J connectivity index is 3.53. The van der Waals surface area contributed by atoms with E-state index >= 15 is 0 Å². The van der Waals surface area contributed by atoms with Gasteiger partial charge in [-0.3, -0.25) is 4.98 Å². The lowest BCUT2D eigenvalue weighted by Crippen LogP contribution is -2.36. The summed E-state index contributed by atoms with van der Waals surface area (Å²) in [7, 11) is 0. The van der Waals surface area contributed by atoms with E-state index in [0.29, 0.717) is 0 Å². The van der Waals surface area contributed by atoms with E-state index in [1.54, 1.807) is 0 Å². The number of rotatable bonds is 3. The molecule has 19 heavy (non-hydrogen) atoms. The number of hydrogen-bond donors (Lipinski definition) is 2. The second-order valence-corrected chi connectivity index (χ2v) is 3.30. The minimum atomic E-state index is -6.05. The highest BCUT2D eigenvalue weighted by atomic mass is 19.4. The number of carbonyl (C=O) groups is 2. The highest BCUT2D eigenvalue weighted by Gasteiger charge is 2.61. The van der Waals surface area contributed by atoms with Gasteiger partial charge in [-0.1, -0.05) is 0 Å². The molecule has 5 nitrogen and oxygen atoms in total. The van der Waals surface area contributed by atoms with Gasteiger partial charge in [-0.05, 0) is 6.07 Å². The molecule has 0 bridgehead atoms. The monoisotopic (exact) mass is 285 g/mol. The number of alkyl halides is 5. The number of hydrogen-bond acceptors (Lipinski definition) is 3. The lowest BCUT2D eigenvalue weighted by atomic mass is 10.1. The SMILES string of the molecule is O=C(O)c1cnc(C(F)(F)C(F)(F)F)c(C(=O)O)c1. The van der Waals surface area contributed by atoms with Crippen LogP contribution in [0.25, 0.3) is 0 Å². The van der Waals surface area contributed by atoms with Crippen LogP contribution in [0.3, 0.4) is 0 Å². The summed E-state index contributed by atoms with van der Waals surface area (Å²) >= 11 is 0. The van der Waals surface area contributed by atoms with Crippen LogP contribution in [-0.4, -0.2) is 33.3 Å². The summed E-state index contributed by atoms with van der Waals surface area (Å²) in [5, 5.41) is 17.1. The minimum absolute atomic E-state index is 0.187. The van der Waals surface area contributed by atoms with Crippen LogP contribution < -0.4 is 0 Å². The fourth-order valence-corrected chi connectivity index (χ4v) is 1.13. The van der Waals surface area contributed by atoms with Crippen LogP contribution in [0.1, 0.15) is 26.4 Å². The number of carboxylic acids is 2. The van der Waals surface area contributed by atoms with Crippen molar-refractivity contribution in [3.63, 3.8) is 0 Å². The zero-order valence-electron chi connectivity index (χ0n) is 8.70. The Labute approximate surface area is 101 Å². The Morgan fingerprint density at radius 3 is 1.95 bits per heavy atom. The second-order valence-electron chi connectivity index (χ2n) is 3.30. The van der Waals surface area contributed by atoms with Crippen molar-refractivity contribution in [2.75, 3.05) is 0 Å². The zero-order valence-corrected chi connectivity index (χ0v) is 8.70. The van der Waals surface area contributed by atoms with Gasteiger partial charge in [0.05, 0.1) is 11.1 Å². The standard InChI is InChI=1S/C9H4F5NO4/c10-8(11,9(12,13)14)5-4(7(18)19)1-3(2-15-5)6(16)17/h1-2H,(H,16,17)(H,18,19). The van der Waals surface area contributed by atoms with Gasteiger partial charge in [0, 0.05) is 6.20 Å². The summed E-state index contributed by atoms with van der Waals surface area (Å²) in [6.45, 7) is 0. The molecule has 0 spiro atoms. The van der Waals surface area contributed by atoms with Crippen molar-refractivity contribution in [2.45, 2.75) is 12.1 Å². The summed E-state index contributed by atoms with van der Waals surface area (Å²) in [6.07, 6.45) is -5.82. The third-order valence-electron chi connectivity index (χ3n) is 2.02. The Kier molecular flexibility index (Phi) is 3.46. The maximum atomic E-state index is 13.0. The molecule has 1 aromatic heterocycles. The predicted octanol–water partition coefficient (Wildman–Crippen LogP) is 2.13. The van der Waals surface area contributed by atoms with Crippen LogP contribution >= 0.6 is 0 Å². The summed E-state index contributed by atoms with van der Waals surface area (Å²) in [4.78, 5) is 23.8. The average molecular weight is 285 g/mol. The normalized spacial score (nSPS) is 12.3. The third kappa shape index (κ3) is 2.61. The number of pyridine rings is 1. The van der Waals surface area contributed by atoms with Crippen molar-refractivity contribution in [2.24, 2.45) is 0 Å². The van der Waals surface area contributed by atoms with E-state index in [1.807, 2.05) is 0 Å². The number of aromatic nitrogens is 1. The summed E-state index contributed by atoms with van der Waals surface area (Å²) < 4.78 is 62.4. The van der Waals surface area contributed by atoms with E-state index in [2.05, 4.69) is 4.98 Å². The lowest BCUT2D eigenvalue weighted by molar-refractivity contribution is -0.291. The van der Waals surface area contributed by atoms with Gasteiger partial charge in [-0.2, -0.15) is 22.0 Å². The minimum Gasteiger partial charge on any atom is -0.478 e. The molecule has 0 saturated heterocycles. The van der Waals surface area contributed by atoms with Crippen molar-refractivity contribution < 1.29 is 41.8 Å². The molecule has 2 N–H and O–H groups in total. The van der Waals surface area contributed by atoms with Crippen molar-refractivity contribution in [3.8, 4) is 0 Å². The van der Waals surface area contributed by atoms with E-state index in [4.69, 9.17) is 10.2 Å². The van der Waals surface area contributed by atoms with E-state index in [1.165, 1.54) is 0 Å². The lowest BCUT2D eigenvalue weighted by Gasteiger charge is -2.20. The molecule has 0 fully saturated rings. The molecule has 0 aliphatic carbocycles. The number of carboxylic acid groups (broad SMARTS) is 2. The molecular weight excluding hydrogens is 281 g/mol. The maximum absolute atomic E-state index is 13.0. The van der Waals surface area contributed by atoms with E-state index in [-0.39, 0.29) is 12.3 Å². The molecule has 0 unspecified atom stereocenters. The molecule has 104 valence electrons. The van der Waals surface area contributed by atoms with E-state index in [0.717, 1.165) is 0 Å². The quantitative estimate of drug-likeness (QED) is 0.831. The van der Waals surface area contributed by atoms with Gasteiger partial charge >= 0.3 is 24.0 Å². The average Bonchev–Trinajstić information content (AvgIpc) is 2.26. The molecule has 10 heteroatoms. The molecule has 1 rings (SSSR count). The third-order valence-corrected chi connectivity index (χ3v) is 2.02. The molecule has 1 heterocycles. The molecule has 0 aliphatic heterocycles. The van der Waals surface area contributed by atoms with Gasteiger partial charge in [-0.15, -0.1) is 0 Å². The molecule has 0 saturated carbocycles. The van der Waals surface area contributed by atoms with Crippen molar-refractivity contribution in [1.82, 2.24) is 4.98 Å². The fraction of sp³-hybridized carbons (Fsp3) is 0.222. The van der Waals surface area contributed by atoms with Crippen LogP contribution in [0.2, 0.25) is 0 Å². The second kappa shape index (κ2) is 4.44. The van der Waals surface area contributed by atoms with Crippen LogP contribution in [-0.2, 0) is 5.92 Å². The first-order valence-electron chi connectivity index (χ1n) is 4.40. The van der Waals surface area contributed by atoms with Crippen LogP contribution in [0.4, 0.5) is 22.0 Å². The number of halogens is 5. The molecule has 0 atom stereocenters. The fourth-order valence-electron chi connectivity index (χ4n) is 1.13. The first kappa shape index (κ1) is 14.8. The highest BCUT2D eigenvalue weighted by molar-refractivity contribution is 5.94. The van der Waals surface area contributed by atoms with Gasteiger partial charge < -0.3 is 10.2 Å². The van der Waals surface area contributed by atoms with Gasteiger partial charge in [0.15, 0.2) is 0 Å². The van der Waals surface area contributed by atoms with Crippen LogP contribution in [0, 0.1) is 0 Å². The van der Waals surface area contributed by atoms with Gasteiger partial charge in [0.25, 0.3) is 0 Å². The summed E-state index contributed by atoms with van der Waals surface area (Å²) in [5.41, 5.74) is -4.40. The summed E-state index contributed by atoms with van der Waals surface area (Å²) in [6, 6.07) is 0.187. The topological polar surface area (TPSA) is 87.5 Å². The van der Waals surface area contributed by atoms with Gasteiger partial charge in [-0.25, -0.2) is 9.59 Å². The molecule has 0 aliphatic rings. The first-order valence-corrected chi connectivity index (χ1v) is 4.40. The molecule has 1 aromatic rings. The van der Waals surface area contributed by atoms with Crippen molar-refractivity contribution in [1.29, 1.82) is 0 Å². The van der Waals surface area contributed by atoms with E-state index in [9.17, 15) is 31.5 Å². The number of aromatic carboxylic acids is 2. The van der Waals surface area contributed by atoms with Gasteiger partial charge in [0.2, 0.25) is 0 Å². The predicted molar refractivity (Wildman–Crippen MR) is 48.1 cm³/mol. The Hall–Kier alpha value is -2.26. The first-order chi connectivity index (χ1) is 8.48. The largest absolute Gasteiger partial charge is 0.478 e. The molecular formula is C9H4F5NO4. The molecule has 0 radical (unpaired) electrons. The van der Waals surface area contributed by atoms with Crippen LogP contribution in [0.5, 0.6) is 0 Å². The summed E-state index contributed by atoms with van der Waals surface area (Å²) in [5.74, 6) is -9.36. The maximum Gasteiger partial charge on any atom is 0.459 e. The van der Waals surface area contributed by atoms with Crippen molar-refractivity contribution in [3.05, 3.63) is 29.1 Å². The molecule has 0 aromatic carbocycles. The van der Waals surface area contributed by atoms with Crippen LogP contribution in [0.15, 0.2) is 12.3 Å². The van der Waals surface area contributed by atoms with E-state index < -0.39 is 40.9 Å². The zero-order chi connectivity index (χ0) is 15.0. The number of nitrogens with zero attached hydrogens (tertiary/aromatic N) is 1. The Morgan fingerprint density at radius 1 is 1.05 bits per heavy atom. The Morgan fingerprint density at radius 2 is 1.58 bits per heavy atom. The van der Waals surface area contributed by atoms with Crippen molar-refractivity contribution >= 4 is 11.9 Å². The Bertz CT molecular complexity index is 540. The smallest absolute Gasteiger partial charge is 0.459 e. The highest BCUT2D eigenvalue weighted by Crippen LogP contribution is 2.44.